The standard InChI is InChI=1S/C11H15F2N/c1-4-8(2)9-5-6-14-10(7-9)11(3,12)13/h5-8H,4H2,1-3H3. The van der Waals surface area contributed by atoms with Crippen molar-refractivity contribution in [1.82, 2.24) is 4.98 Å². The minimum absolute atomic E-state index is 0.143. The fourth-order valence-electron chi connectivity index (χ4n) is 1.23. The average molecular weight is 199 g/mol. The maximum absolute atomic E-state index is 12.9. The van der Waals surface area contributed by atoms with E-state index in [1.165, 1.54) is 12.3 Å². The molecule has 0 fully saturated rings. The summed E-state index contributed by atoms with van der Waals surface area (Å²) in [5, 5.41) is 0. The summed E-state index contributed by atoms with van der Waals surface area (Å²) in [5.74, 6) is -2.54. The average Bonchev–Trinajstić information content (AvgIpc) is 2.15. The lowest BCUT2D eigenvalue weighted by Crippen LogP contribution is -2.10. The van der Waals surface area contributed by atoms with Gasteiger partial charge in [0.2, 0.25) is 0 Å². The Hall–Kier alpha value is -0.990. The smallest absolute Gasteiger partial charge is 0.255 e. The number of halogens is 2. The van der Waals surface area contributed by atoms with E-state index in [1.807, 2.05) is 13.8 Å². The molecule has 0 spiro atoms. The topological polar surface area (TPSA) is 12.9 Å². The molecule has 14 heavy (non-hydrogen) atoms. The van der Waals surface area contributed by atoms with E-state index in [2.05, 4.69) is 4.98 Å². The van der Waals surface area contributed by atoms with E-state index < -0.39 is 5.92 Å². The summed E-state index contributed by atoms with van der Waals surface area (Å²) in [6.07, 6.45) is 2.40. The lowest BCUT2D eigenvalue weighted by atomic mass is 9.98. The molecule has 78 valence electrons. The zero-order valence-corrected chi connectivity index (χ0v) is 8.72. The Balaban J connectivity index is 3.01. The number of nitrogens with zero attached hydrogens (tertiary/aromatic N) is 1. The molecule has 0 bridgehead atoms. The van der Waals surface area contributed by atoms with Crippen LogP contribution in [0.3, 0.4) is 0 Å². The summed E-state index contributed by atoms with van der Waals surface area (Å²) in [6.45, 7) is 4.93. The third kappa shape index (κ3) is 2.50. The highest BCUT2D eigenvalue weighted by atomic mass is 19.3. The molecule has 0 aliphatic rings. The lowest BCUT2D eigenvalue weighted by molar-refractivity contribution is 0.0126. The van der Waals surface area contributed by atoms with Crippen molar-refractivity contribution in [2.45, 2.75) is 39.0 Å². The van der Waals surface area contributed by atoms with Crippen LogP contribution in [0.2, 0.25) is 0 Å². The zero-order valence-electron chi connectivity index (χ0n) is 8.72. The highest BCUT2D eigenvalue weighted by molar-refractivity contribution is 5.22. The molecule has 0 amide bonds. The fourth-order valence-corrected chi connectivity index (χ4v) is 1.23. The van der Waals surface area contributed by atoms with Crippen LogP contribution in [0.4, 0.5) is 8.78 Å². The fraction of sp³-hybridized carbons (Fsp3) is 0.545. The molecular formula is C11H15F2N. The first-order valence-corrected chi connectivity index (χ1v) is 4.79. The first-order chi connectivity index (χ1) is 6.45. The van der Waals surface area contributed by atoms with Crippen molar-refractivity contribution in [2.75, 3.05) is 0 Å². The van der Waals surface area contributed by atoms with E-state index in [1.54, 1.807) is 6.07 Å². The second kappa shape index (κ2) is 4.03. The normalized spacial score (nSPS) is 14.1. The molecule has 1 nitrogen and oxygen atoms in total. The van der Waals surface area contributed by atoms with Crippen molar-refractivity contribution in [2.24, 2.45) is 0 Å². The van der Waals surface area contributed by atoms with Crippen LogP contribution < -0.4 is 0 Å². The largest absolute Gasteiger partial charge is 0.286 e. The van der Waals surface area contributed by atoms with Gasteiger partial charge in [-0.1, -0.05) is 13.8 Å². The molecule has 0 saturated heterocycles. The molecule has 3 heteroatoms. The van der Waals surface area contributed by atoms with Crippen molar-refractivity contribution in [1.29, 1.82) is 0 Å². The van der Waals surface area contributed by atoms with Crippen LogP contribution in [-0.2, 0) is 5.92 Å². The van der Waals surface area contributed by atoms with Crippen LogP contribution >= 0.6 is 0 Å². The van der Waals surface area contributed by atoms with E-state index in [0.717, 1.165) is 18.9 Å². The van der Waals surface area contributed by atoms with E-state index in [-0.39, 0.29) is 5.69 Å². The van der Waals surface area contributed by atoms with E-state index in [9.17, 15) is 8.78 Å². The second-order valence-corrected chi connectivity index (χ2v) is 3.67. The molecule has 1 unspecified atom stereocenters. The Morgan fingerprint density at radius 2 is 2.14 bits per heavy atom. The Morgan fingerprint density at radius 1 is 1.50 bits per heavy atom. The van der Waals surface area contributed by atoms with Gasteiger partial charge in [0.05, 0.1) is 0 Å². The van der Waals surface area contributed by atoms with Gasteiger partial charge < -0.3 is 0 Å². The van der Waals surface area contributed by atoms with Gasteiger partial charge in [0.25, 0.3) is 5.92 Å². The van der Waals surface area contributed by atoms with Crippen molar-refractivity contribution in [3.05, 3.63) is 29.6 Å². The van der Waals surface area contributed by atoms with Gasteiger partial charge in [-0.15, -0.1) is 0 Å². The highest BCUT2D eigenvalue weighted by Gasteiger charge is 2.26. The molecule has 1 aromatic heterocycles. The quantitative estimate of drug-likeness (QED) is 0.723. The zero-order chi connectivity index (χ0) is 10.8. The predicted molar refractivity (Wildman–Crippen MR) is 52.5 cm³/mol. The second-order valence-electron chi connectivity index (χ2n) is 3.67. The molecule has 1 rings (SSSR count). The van der Waals surface area contributed by atoms with Crippen LogP contribution in [0, 0.1) is 0 Å². The number of rotatable bonds is 3. The Morgan fingerprint density at radius 3 is 2.64 bits per heavy atom. The molecule has 0 saturated carbocycles. The van der Waals surface area contributed by atoms with Crippen LogP contribution in [0.15, 0.2) is 18.3 Å². The summed E-state index contributed by atoms with van der Waals surface area (Å²) in [4.78, 5) is 3.68. The first-order valence-electron chi connectivity index (χ1n) is 4.79. The molecule has 0 aromatic carbocycles. The number of hydrogen-bond donors (Lipinski definition) is 0. The van der Waals surface area contributed by atoms with Crippen LogP contribution in [-0.4, -0.2) is 4.98 Å². The first kappa shape index (κ1) is 11.1. The number of aromatic nitrogens is 1. The van der Waals surface area contributed by atoms with Crippen molar-refractivity contribution < 1.29 is 8.78 Å². The van der Waals surface area contributed by atoms with Crippen molar-refractivity contribution >= 4 is 0 Å². The van der Waals surface area contributed by atoms with Gasteiger partial charge in [0, 0.05) is 13.1 Å². The summed E-state index contributed by atoms with van der Waals surface area (Å²) >= 11 is 0. The minimum atomic E-state index is -2.84. The monoisotopic (exact) mass is 199 g/mol. The van der Waals surface area contributed by atoms with Gasteiger partial charge in [-0.3, -0.25) is 4.98 Å². The Kier molecular flexibility index (Phi) is 3.19. The third-order valence-electron chi connectivity index (χ3n) is 2.42. The predicted octanol–water partition coefficient (Wildman–Crippen LogP) is 3.71. The van der Waals surface area contributed by atoms with Crippen LogP contribution in [0.25, 0.3) is 0 Å². The Bertz CT molecular complexity index is 304. The molecule has 0 aliphatic carbocycles. The molecule has 1 aromatic rings. The van der Waals surface area contributed by atoms with E-state index >= 15 is 0 Å². The Labute approximate surface area is 83.2 Å². The van der Waals surface area contributed by atoms with Crippen LogP contribution in [0.5, 0.6) is 0 Å². The van der Waals surface area contributed by atoms with Crippen LogP contribution in [0.1, 0.15) is 44.4 Å². The number of alkyl halides is 2. The summed E-state index contributed by atoms with van der Waals surface area (Å²) in [7, 11) is 0. The van der Waals surface area contributed by atoms with Gasteiger partial charge in [0.1, 0.15) is 5.69 Å². The maximum atomic E-state index is 12.9. The van der Waals surface area contributed by atoms with E-state index in [0.29, 0.717) is 5.92 Å². The van der Waals surface area contributed by atoms with Gasteiger partial charge in [-0.2, -0.15) is 8.78 Å². The van der Waals surface area contributed by atoms with E-state index in [4.69, 9.17) is 0 Å². The summed E-state index contributed by atoms with van der Waals surface area (Å²) in [5.41, 5.74) is 0.786. The summed E-state index contributed by atoms with van der Waals surface area (Å²) < 4.78 is 25.9. The minimum Gasteiger partial charge on any atom is -0.255 e. The lowest BCUT2D eigenvalue weighted by Gasteiger charge is -2.13. The van der Waals surface area contributed by atoms with Gasteiger partial charge in [0.15, 0.2) is 0 Å². The maximum Gasteiger partial charge on any atom is 0.286 e. The van der Waals surface area contributed by atoms with Gasteiger partial charge in [-0.05, 0) is 30.0 Å². The molecule has 1 heterocycles. The van der Waals surface area contributed by atoms with Gasteiger partial charge in [-0.25, -0.2) is 0 Å². The molecular weight excluding hydrogens is 184 g/mol. The molecule has 0 aliphatic heterocycles. The van der Waals surface area contributed by atoms with Crippen molar-refractivity contribution in [3.8, 4) is 0 Å². The summed E-state index contributed by atoms with van der Waals surface area (Å²) in [6, 6.07) is 3.29. The molecule has 0 N–H and O–H groups in total. The SMILES string of the molecule is CCC(C)c1ccnc(C(C)(F)F)c1. The van der Waals surface area contributed by atoms with Gasteiger partial charge >= 0.3 is 0 Å². The molecule has 1 atom stereocenters. The molecule has 0 radical (unpaired) electrons. The van der Waals surface area contributed by atoms with Crippen molar-refractivity contribution in [3.63, 3.8) is 0 Å². The highest BCUT2D eigenvalue weighted by Crippen LogP contribution is 2.27. The third-order valence-corrected chi connectivity index (χ3v) is 2.42. The number of pyridine rings is 1. The number of hydrogen-bond acceptors (Lipinski definition) is 1.